The Balaban J connectivity index is 0.000000968. The molecule has 0 saturated carbocycles. The van der Waals surface area contributed by atoms with E-state index < -0.39 is 5.97 Å². The Morgan fingerprint density at radius 1 is 1.15 bits per heavy atom. The molecular formula is C24H29Cl2N3O4. The summed E-state index contributed by atoms with van der Waals surface area (Å²) in [6.07, 6.45) is 3.46. The van der Waals surface area contributed by atoms with Crippen LogP contribution in [-0.4, -0.2) is 58.7 Å². The van der Waals surface area contributed by atoms with Gasteiger partial charge in [-0.2, -0.15) is 0 Å². The number of aromatic nitrogens is 1. The van der Waals surface area contributed by atoms with Crippen LogP contribution >= 0.6 is 23.2 Å². The molecule has 2 aliphatic heterocycles. The second-order valence-electron chi connectivity index (χ2n) is 8.58. The fourth-order valence-corrected chi connectivity index (χ4v) is 5.18. The number of carboxylic acids is 1. The predicted octanol–water partition coefficient (Wildman–Crippen LogP) is 4.61. The summed E-state index contributed by atoms with van der Waals surface area (Å²) in [5.41, 5.74) is 5.84. The molecule has 33 heavy (non-hydrogen) atoms. The van der Waals surface area contributed by atoms with E-state index in [1.165, 1.54) is 16.7 Å². The Morgan fingerprint density at radius 2 is 1.73 bits per heavy atom. The van der Waals surface area contributed by atoms with Crippen LogP contribution < -0.4 is 4.90 Å². The normalized spacial score (nSPS) is 17.2. The van der Waals surface area contributed by atoms with Gasteiger partial charge in [-0.05, 0) is 68.6 Å². The number of carbonyl (C=O) groups is 2. The minimum Gasteiger partial charge on any atom is -0.483 e. The highest BCUT2D eigenvalue weighted by atomic mass is 35.5. The molecule has 0 amide bonds. The predicted molar refractivity (Wildman–Crippen MR) is 129 cm³/mol. The molecule has 2 N–H and O–H groups in total. The quantitative estimate of drug-likeness (QED) is 0.587. The number of para-hydroxylation sites is 1. The first-order chi connectivity index (χ1) is 15.8. The average molecular weight is 494 g/mol. The van der Waals surface area contributed by atoms with Gasteiger partial charge in [0.1, 0.15) is 0 Å². The Labute approximate surface area is 203 Å². The summed E-state index contributed by atoms with van der Waals surface area (Å²) in [5, 5.41) is 17.4. The van der Waals surface area contributed by atoms with Crippen molar-refractivity contribution in [2.75, 3.05) is 31.1 Å². The van der Waals surface area contributed by atoms with E-state index >= 15 is 0 Å². The minimum atomic E-state index is -0.670. The number of aliphatic carboxylic acids is 1. The van der Waals surface area contributed by atoms with Crippen LogP contribution in [0.25, 0.3) is 0 Å². The molecular weight excluding hydrogens is 465 g/mol. The molecule has 2 aromatic rings. The van der Waals surface area contributed by atoms with Crippen LogP contribution in [0.15, 0.2) is 24.4 Å². The maximum absolute atomic E-state index is 11.2. The van der Waals surface area contributed by atoms with Crippen molar-refractivity contribution in [3.63, 3.8) is 0 Å². The van der Waals surface area contributed by atoms with Crippen LogP contribution in [-0.2, 0) is 16.1 Å². The second kappa shape index (κ2) is 11.2. The number of benzene rings is 1. The molecule has 0 atom stereocenters. The lowest BCUT2D eigenvalue weighted by atomic mass is 9.87. The van der Waals surface area contributed by atoms with Crippen molar-refractivity contribution in [1.82, 2.24) is 9.88 Å². The lowest BCUT2D eigenvalue weighted by Crippen LogP contribution is -2.45. The molecule has 0 spiro atoms. The first kappa shape index (κ1) is 25.3. The van der Waals surface area contributed by atoms with Crippen molar-refractivity contribution in [1.29, 1.82) is 0 Å². The third-order valence-corrected chi connectivity index (χ3v) is 7.28. The minimum absolute atomic E-state index is 0.201. The number of rotatable bonds is 5. The average Bonchev–Trinajstić information content (AvgIpc) is 2.74. The summed E-state index contributed by atoms with van der Waals surface area (Å²) in [4.78, 5) is 28.9. The molecule has 2 aliphatic rings. The molecule has 2 fully saturated rings. The Bertz CT molecular complexity index is 983. The van der Waals surface area contributed by atoms with E-state index in [0.29, 0.717) is 28.8 Å². The highest BCUT2D eigenvalue weighted by Crippen LogP contribution is 2.41. The van der Waals surface area contributed by atoms with Crippen LogP contribution in [0, 0.1) is 19.8 Å². The summed E-state index contributed by atoms with van der Waals surface area (Å²) in [6.45, 7) is 8.25. The first-order valence-electron chi connectivity index (χ1n) is 10.9. The SMILES string of the molecule is Cc1c(C2CN(c3c(Cl)cccc3Cl)C2)cnc(CN2CCC(C(=O)O)CC2)c1C.O=CO. The molecule has 1 aromatic heterocycles. The summed E-state index contributed by atoms with van der Waals surface area (Å²) in [6, 6.07) is 5.62. The van der Waals surface area contributed by atoms with Crippen molar-refractivity contribution >= 4 is 41.3 Å². The van der Waals surface area contributed by atoms with E-state index in [1.807, 2.05) is 24.4 Å². The van der Waals surface area contributed by atoms with Gasteiger partial charge in [0.25, 0.3) is 6.47 Å². The van der Waals surface area contributed by atoms with Gasteiger partial charge in [0, 0.05) is 31.7 Å². The van der Waals surface area contributed by atoms with Crippen molar-refractivity contribution in [2.45, 2.75) is 39.2 Å². The van der Waals surface area contributed by atoms with Crippen molar-refractivity contribution in [3.05, 3.63) is 56.8 Å². The molecule has 0 aliphatic carbocycles. The van der Waals surface area contributed by atoms with Gasteiger partial charge >= 0.3 is 5.97 Å². The van der Waals surface area contributed by atoms with Crippen molar-refractivity contribution in [3.8, 4) is 0 Å². The second-order valence-corrected chi connectivity index (χ2v) is 9.39. The van der Waals surface area contributed by atoms with Gasteiger partial charge in [-0.3, -0.25) is 19.5 Å². The van der Waals surface area contributed by atoms with Gasteiger partial charge < -0.3 is 15.1 Å². The highest BCUT2D eigenvalue weighted by Gasteiger charge is 2.32. The van der Waals surface area contributed by atoms with Gasteiger partial charge in [-0.1, -0.05) is 29.3 Å². The van der Waals surface area contributed by atoms with E-state index in [9.17, 15) is 9.90 Å². The number of hydrogen-bond acceptors (Lipinski definition) is 5. The zero-order valence-electron chi connectivity index (χ0n) is 18.8. The number of anilines is 1. The number of likely N-dealkylation sites (tertiary alicyclic amines) is 1. The number of halogens is 2. The molecule has 2 saturated heterocycles. The van der Waals surface area contributed by atoms with Crippen LogP contribution in [0.3, 0.4) is 0 Å². The zero-order valence-corrected chi connectivity index (χ0v) is 20.3. The first-order valence-corrected chi connectivity index (χ1v) is 11.7. The third-order valence-electron chi connectivity index (χ3n) is 6.67. The van der Waals surface area contributed by atoms with E-state index in [4.69, 9.17) is 38.1 Å². The van der Waals surface area contributed by atoms with E-state index in [0.717, 1.165) is 44.1 Å². The number of hydrogen-bond donors (Lipinski definition) is 2. The summed E-state index contributed by atoms with van der Waals surface area (Å²) >= 11 is 12.7. The lowest BCUT2D eigenvalue weighted by molar-refractivity contribution is -0.143. The molecule has 4 rings (SSSR count). The van der Waals surface area contributed by atoms with Gasteiger partial charge in [0.05, 0.1) is 27.3 Å². The van der Waals surface area contributed by atoms with Crippen molar-refractivity contribution in [2.24, 2.45) is 5.92 Å². The monoisotopic (exact) mass is 493 g/mol. The van der Waals surface area contributed by atoms with Crippen LogP contribution in [0.4, 0.5) is 5.69 Å². The van der Waals surface area contributed by atoms with Gasteiger partial charge in [0.15, 0.2) is 0 Å². The highest BCUT2D eigenvalue weighted by molar-refractivity contribution is 6.39. The Hall–Kier alpha value is -2.35. The fourth-order valence-electron chi connectivity index (χ4n) is 4.54. The number of piperidine rings is 1. The van der Waals surface area contributed by atoms with E-state index in [-0.39, 0.29) is 12.4 Å². The van der Waals surface area contributed by atoms with E-state index in [2.05, 4.69) is 23.6 Å². The third kappa shape index (κ3) is 5.78. The van der Waals surface area contributed by atoms with Gasteiger partial charge in [0.2, 0.25) is 0 Å². The molecule has 0 unspecified atom stereocenters. The number of nitrogens with zero attached hydrogens (tertiary/aromatic N) is 3. The molecule has 178 valence electrons. The number of pyridine rings is 1. The summed E-state index contributed by atoms with van der Waals surface area (Å²) in [5.74, 6) is -0.451. The summed E-state index contributed by atoms with van der Waals surface area (Å²) < 4.78 is 0. The molecule has 3 heterocycles. The fraction of sp³-hybridized carbons (Fsp3) is 0.458. The maximum Gasteiger partial charge on any atom is 0.306 e. The largest absolute Gasteiger partial charge is 0.483 e. The molecule has 7 nitrogen and oxygen atoms in total. The van der Waals surface area contributed by atoms with Crippen LogP contribution in [0.2, 0.25) is 10.0 Å². The lowest BCUT2D eigenvalue weighted by Gasteiger charge is -2.42. The topological polar surface area (TPSA) is 94.0 Å². The molecule has 9 heteroatoms. The zero-order chi connectivity index (χ0) is 24.1. The standard InChI is InChI=1S/C23H27Cl2N3O2.CH2O2/c1-14-15(2)21(13-27-8-6-16(7-9-27)23(29)30)26-10-18(14)17-11-28(12-17)22-19(24)4-3-5-20(22)25;2-1-3/h3-5,10,16-17H,6-9,11-13H2,1-2H3,(H,29,30);1H,(H,2,3). The smallest absolute Gasteiger partial charge is 0.306 e. The number of carboxylic acid groups (broad SMARTS) is 2. The molecule has 0 bridgehead atoms. The molecule has 0 radical (unpaired) electrons. The molecule has 1 aromatic carbocycles. The van der Waals surface area contributed by atoms with Crippen LogP contribution in [0.5, 0.6) is 0 Å². The maximum atomic E-state index is 11.2. The van der Waals surface area contributed by atoms with Crippen LogP contribution in [0.1, 0.15) is 41.1 Å². The Kier molecular flexibility index (Phi) is 8.57. The van der Waals surface area contributed by atoms with Gasteiger partial charge in [-0.15, -0.1) is 0 Å². The Morgan fingerprint density at radius 3 is 2.27 bits per heavy atom. The summed E-state index contributed by atoms with van der Waals surface area (Å²) in [7, 11) is 0. The van der Waals surface area contributed by atoms with E-state index in [1.54, 1.807) is 0 Å². The van der Waals surface area contributed by atoms with Gasteiger partial charge in [-0.25, -0.2) is 0 Å². The van der Waals surface area contributed by atoms with Crippen molar-refractivity contribution < 1.29 is 19.8 Å².